The molecule has 3 rings (SSSR count). The summed E-state index contributed by atoms with van der Waals surface area (Å²) in [6.45, 7) is 3.74. The Kier molecular flexibility index (Phi) is 3.70. The van der Waals surface area contributed by atoms with E-state index in [0.29, 0.717) is 6.42 Å². The monoisotopic (exact) mass is 286 g/mol. The van der Waals surface area contributed by atoms with Crippen LogP contribution in [0.3, 0.4) is 0 Å². The topological polar surface area (TPSA) is 49.4 Å². The van der Waals surface area contributed by atoms with Crippen LogP contribution in [0.1, 0.15) is 50.3 Å². The molecule has 0 aromatic heterocycles. The van der Waals surface area contributed by atoms with Gasteiger partial charge < -0.3 is 10.2 Å². The predicted octanol–water partition coefficient (Wildman–Crippen LogP) is 2.19. The molecule has 3 atom stereocenters. The fourth-order valence-corrected chi connectivity index (χ4v) is 3.64. The van der Waals surface area contributed by atoms with Gasteiger partial charge in [-0.3, -0.25) is 9.59 Å². The van der Waals surface area contributed by atoms with E-state index in [4.69, 9.17) is 0 Å². The van der Waals surface area contributed by atoms with Crippen molar-refractivity contribution >= 4 is 11.8 Å². The SMILES string of the molecule is CCC1C(=O)NC(C)C(=O)N1C1CCCc2ccccc21. The first-order valence-electron chi connectivity index (χ1n) is 7.83. The van der Waals surface area contributed by atoms with E-state index in [-0.39, 0.29) is 23.9 Å². The zero-order valence-corrected chi connectivity index (χ0v) is 12.6. The zero-order chi connectivity index (χ0) is 15.0. The predicted molar refractivity (Wildman–Crippen MR) is 80.7 cm³/mol. The summed E-state index contributed by atoms with van der Waals surface area (Å²) in [5.74, 6) is 0.0239. The molecule has 1 saturated heterocycles. The minimum atomic E-state index is -0.422. The average molecular weight is 286 g/mol. The number of fused-ring (bicyclic) bond motifs is 1. The van der Waals surface area contributed by atoms with Crippen molar-refractivity contribution in [3.63, 3.8) is 0 Å². The molecule has 4 heteroatoms. The third-order valence-corrected chi connectivity index (χ3v) is 4.68. The number of carbonyl (C=O) groups excluding carboxylic acids is 2. The van der Waals surface area contributed by atoms with E-state index >= 15 is 0 Å². The van der Waals surface area contributed by atoms with Gasteiger partial charge in [-0.1, -0.05) is 31.2 Å². The van der Waals surface area contributed by atoms with Crippen molar-refractivity contribution in [2.45, 2.75) is 57.7 Å². The molecule has 2 aliphatic rings. The quantitative estimate of drug-likeness (QED) is 0.906. The molecule has 0 spiro atoms. The summed E-state index contributed by atoms with van der Waals surface area (Å²) in [5, 5.41) is 2.79. The van der Waals surface area contributed by atoms with Gasteiger partial charge in [-0.2, -0.15) is 0 Å². The number of amides is 2. The van der Waals surface area contributed by atoms with Crippen LogP contribution in [-0.2, 0) is 16.0 Å². The lowest BCUT2D eigenvalue weighted by Crippen LogP contribution is -2.63. The second-order valence-electron chi connectivity index (χ2n) is 6.01. The largest absolute Gasteiger partial charge is 0.343 e. The normalized spacial score (nSPS) is 29.0. The van der Waals surface area contributed by atoms with Gasteiger partial charge in [-0.15, -0.1) is 0 Å². The van der Waals surface area contributed by atoms with Crippen molar-refractivity contribution in [1.29, 1.82) is 0 Å². The Labute approximate surface area is 125 Å². The van der Waals surface area contributed by atoms with Crippen LogP contribution in [0.4, 0.5) is 0 Å². The zero-order valence-electron chi connectivity index (χ0n) is 12.6. The maximum atomic E-state index is 12.7. The van der Waals surface area contributed by atoms with E-state index in [2.05, 4.69) is 17.4 Å². The number of aryl methyl sites for hydroxylation is 1. The maximum absolute atomic E-state index is 12.7. The lowest BCUT2D eigenvalue weighted by atomic mass is 9.85. The smallest absolute Gasteiger partial charge is 0.246 e. The summed E-state index contributed by atoms with van der Waals surface area (Å²) in [5.41, 5.74) is 2.53. The van der Waals surface area contributed by atoms with Crippen LogP contribution < -0.4 is 5.32 Å². The van der Waals surface area contributed by atoms with Gasteiger partial charge in [0.15, 0.2) is 0 Å². The Morgan fingerprint density at radius 2 is 2.05 bits per heavy atom. The number of piperazine rings is 1. The fourth-order valence-electron chi connectivity index (χ4n) is 3.64. The highest BCUT2D eigenvalue weighted by atomic mass is 16.2. The summed E-state index contributed by atoms with van der Waals surface area (Å²) in [4.78, 5) is 26.8. The highest BCUT2D eigenvalue weighted by Gasteiger charge is 2.42. The first-order chi connectivity index (χ1) is 10.1. The van der Waals surface area contributed by atoms with Crippen LogP contribution in [0.2, 0.25) is 0 Å². The van der Waals surface area contributed by atoms with E-state index in [1.807, 2.05) is 24.0 Å². The van der Waals surface area contributed by atoms with Gasteiger partial charge in [0.2, 0.25) is 11.8 Å². The molecule has 0 bridgehead atoms. The van der Waals surface area contributed by atoms with E-state index in [1.165, 1.54) is 11.1 Å². The van der Waals surface area contributed by atoms with Crippen LogP contribution in [0.25, 0.3) is 0 Å². The molecule has 0 radical (unpaired) electrons. The second-order valence-corrected chi connectivity index (χ2v) is 6.01. The minimum absolute atomic E-state index is 0.0207. The molecule has 1 heterocycles. The van der Waals surface area contributed by atoms with E-state index < -0.39 is 6.04 Å². The molecule has 1 aliphatic carbocycles. The van der Waals surface area contributed by atoms with Crippen LogP contribution in [0, 0.1) is 0 Å². The van der Waals surface area contributed by atoms with Crippen molar-refractivity contribution in [3.05, 3.63) is 35.4 Å². The summed E-state index contributed by atoms with van der Waals surface area (Å²) in [6, 6.07) is 7.60. The van der Waals surface area contributed by atoms with Crippen molar-refractivity contribution in [3.8, 4) is 0 Å². The van der Waals surface area contributed by atoms with E-state index in [9.17, 15) is 9.59 Å². The standard InChI is InChI=1S/C17H22N2O2/c1-3-14-16(20)18-11(2)17(21)19(14)15-10-6-8-12-7-4-5-9-13(12)15/h4-5,7,9,11,14-15H,3,6,8,10H2,1-2H3,(H,18,20). The van der Waals surface area contributed by atoms with Crippen molar-refractivity contribution in [2.24, 2.45) is 0 Å². The van der Waals surface area contributed by atoms with Crippen LogP contribution in [0.5, 0.6) is 0 Å². The van der Waals surface area contributed by atoms with Gasteiger partial charge in [0.1, 0.15) is 12.1 Å². The molecule has 4 nitrogen and oxygen atoms in total. The third-order valence-electron chi connectivity index (χ3n) is 4.68. The first-order valence-corrected chi connectivity index (χ1v) is 7.83. The molecule has 1 aromatic rings. The highest BCUT2D eigenvalue weighted by Crippen LogP contribution is 2.37. The number of hydrogen-bond donors (Lipinski definition) is 1. The summed E-state index contributed by atoms with van der Waals surface area (Å²) in [6.07, 6.45) is 3.73. The Balaban J connectivity index is 2.01. The van der Waals surface area contributed by atoms with E-state index in [0.717, 1.165) is 19.3 Å². The molecule has 21 heavy (non-hydrogen) atoms. The minimum Gasteiger partial charge on any atom is -0.343 e. The first kappa shape index (κ1) is 14.1. The van der Waals surface area contributed by atoms with Crippen LogP contribution >= 0.6 is 0 Å². The molecule has 1 aliphatic heterocycles. The Morgan fingerprint density at radius 1 is 1.29 bits per heavy atom. The number of benzene rings is 1. The van der Waals surface area contributed by atoms with E-state index in [1.54, 1.807) is 6.92 Å². The number of hydrogen-bond acceptors (Lipinski definition) is 2. The Morgan fingerprint density at radius 3 is 2.81 bits per heavy atom. The molecular weight excluding hydrogens is 264 g/mol. The van der Waals surface area contributed by atoms with Crippen LogP contribution in [-0.4, -0.2) is 28.8 Å². The van der Waals surface area contributed by atoms with Gasteiger partial charge >= 0.3 is 0 Å². The maximum Gasteiger partial charge on any atom is 0.246 e. The molecule has 1 N–H and O–H groups in total. The summed E-state index contributed by atoms with van der Waals surface area (Å²) >= 11 is 0. The fraction of sp³-hybridized carbons (Fsp3) is 0.529. The van der Waals surface area contributed by atoms with Crippen molar-refractivity contribution in [1.82, 2.24) is 10.2 Å². The summed E-state index contributed by atoms with van der Waals surface area (Å²) in [7, 11) is 0. The van der Waals surface area contributed by atoms with Gasteiger partial charge in [0.25, 0.3) is 0 Å². The lowest BCUT2D eigenvalue weighted by Gasteiger charge is -2.44. The third kappa shape index (κ3) is 2.33. The second kappa shape index (κ2) is 5.51. The molecule has 1 aromatic carbocycles. The number of rotatable bonds is 2. The van der Waals surface area contributed by atoms with Gasteiger partial charge in [0, 0.05) is 0 Å². The highest BCUT2D eigenvalue weighted by molar-refractivity contribution is 5.97. The lowest BCUT2D eigenvalue weighted by molar-refractivity contribution is -0.152. The van der Waals surface area contributed by atoms with Crippen molar-refractivity contribution in [2.75, 3.05) is 0 Å². The van der Waals surface area contributed by atoms with Crippen molar-refractivity contribution < 1.29 is 9.59 Å². The summed E-state index contributed by atoms with van der Waals surface area (Å²) < 4.78 is 0. The molecular formula is C17H22N2O2. The molecule has 112 valence electrons. The van der Waals surface area contributed by atoms with Gasteiger partial charge in [-0.05, 0) is 43.7 Å². The molecule has 2 amide bonds. The Hall–Kier alpha value is -1.84. The average Bonchev–Trinajstić information content (AvgIpc) is 2.50. The number of nitrogens with one attached hydrogen (secondary N) is 1. The Bertz CT molecular complexity index is 570. The number of carbonyl (C=O) groups is 2. The molecule has 3 unspecified atom stereocenters. The molecule has 1 fully saturated rings. The van der Waals surface area contributed by atoms with Gasteiger partial charge in [-0.25, -0.2) is 0 Å². The molecule has 0 saturated carbocycles. The van der Waals surface area contributed by atoms with Gasteiger partial charge in [0.05, 0.1) is 6.04 Å². The number of nitrogens with zero attached hydrogens (tertiary/aromatic N) is 1. The van der Waals surface area contributed by atoms with Crippen LogP contribution in [0.15, 0.2) is 24.3 Å².